The molecule has 150 valence electrons. The van der Waals surface area contributed by atoms with Crippen molar-refractivity contribution in [1.29, 1.82) is 0 Å². The molecule has 1 saturated carbocycles. The number of aryl methyl sites for hydroxylation is 1. The van der Waals surface area contributed by atoms with Gasteiger partial charge < -0.3 is 14.3 Å². The molecule has 28 heavy (non-hydrogen) atoms. The van der Waals surface area contributed by atoms with Gasteiger partial charge in [-0.15, -0.1) is 0 Å². The lowest BCUT2D eigenvalue weighted by atomic mass is 9.78. The van der Waals surface area contributed by atoms with Crippen LogP contribution in [-0.4, -0.2) is 45.3 Å². The minimum Gasteiger partial charge on any atom is -0.465 e. The summed E-state index contributed by atoms with van der Waals surface area (Å²) in [5.41, 5.74) is 2.12. The average Bonchev–Trinajstić information content (AvgIpc) is 3.28. The molecule has 6 nitrogen and oxygen atoms in total. The minimum atomic E-state index is -0.222. The van der Waals surface area contributed by atoms with Crippen LogP contribution in [0.5, 0.6) is 0 Å². The van der Waals surface area contributed by atoms with Crippen molar-refractivity contribution in [2.45, 2.75) is 64.0 Å². The van der Waals surface area contributed by atoms with E-state index in [0.29, 0.717) is 5.91 Å². The molecule has 2 aromatic heterocycles. The quantitative estimate of drug-likeness (QED) is 0.862. The van der Waals surface area contributed by atoms with Crippen LogP contribution in [0, 0.1) is 5.92 Å². The Morgan fingerprint density at radius 1 is 1.25 bits per heavy atom. The number of likely N-dealkylation sites (tertiary alicyclic amines) is 1. The molecule has 1 saturated heterocycles. The van der Waals surface area contributed by atoms with Crippen LogP contribution in [0.1, 0.15) is 61.9 Å². The summed E-state index contributed by atoms with van der Waals surface area (Å²) in [6, 6.07) is 4.22. The first kappa shape index (κ1) is 18.0. The third kappa shape index (κ3) is 3.08. The molecule has 0 bridgehead atoms. The summed E-state index contributed by atoms with van der Waals surface area (Å²) in [5.74, 6) is 2.75. The first-order valence-electron chi connectivity index (χ1n) is 10.8. The molecule has 0 aromatic carbocycles. The average molecular weight is 383 g/mol. The highest BCUT2D eigenvalue weighted by atomic mass is 16.3. The fourth-order valence-electron chi connectivity index (χ4n) is 5.05. The Bertz CT molecular complexity index is 842. The number of aromatic nitrogens is 2. The number of nitrogens with one attached hydrogen (secondary N) is 1. The highest BCUT2D eigenvalue weighted by molar-refractivity contribution is 5.82. The van der Waals surface area contributed by atoms with Gasteiger partial charge in [-0.1, -0.05) is 6.92 Å². The van der Waals surface area contributed by atoms with Gasteiger partial charge in [-0.3, -0.25) is 9.69 Å². The summed E-state index contributed by atoms with van der Waals surface area (Å²) >= 11 is 0. The number of nitrogens with zero attached hydrogens (tertiary/aromatic N) is 3. The van der Waals surface area contributed by atoms with E-state index in [1.807, 2.05) is 6.33 Å². The molecule has 6 heteroatoms. The Morgan fingerprint density at radius 3 is 2.79 bits per heavy atom. The second-order valence-electron chi connectivity index (χ2n) is 8.67. The maximum atomic E-state index is 13.1. The van der Waals surface area contributed by atoms with Gasteiger partial charge >= 0.3 is 0 Å². The molecule has 0 atom stereocenters. The van der Waals surface area contributed by atoms with Crippen molar-refractivity contribution in [1.82, 2.24) is 19.8 Å². The first-order chi connectivity index (χ1) is 13.7. The zero-order chi connectivity index (χ0) is 19.1. The second kappa shape index (κ2) is 7.07. The smallest absolute Gasteiger partial charge is 0.226 e. The van der Waals surface area contributed by atoms with Gasteiger partial charge in [0, 0.05) is 44.1 Å². The SMILES string of the molecule is CCCc1ccc(CN2CCC3(CC2)c2nc[nH]c2CCN3C(=O)C2CC2)o1. The van der Waals surface area contributed by atoms with E-state index < -0.39 is 0 Å². The molecule has 1 aliphatic carbocycles. The predicted octanol–water partition coefficient (Wildman–Crippen LogP) is 3.24. The maximum absolute atomic E-state index is 13.1. The van der Waals surface area contributed by atoms with Gasteiger partial charge in [-0.05, 0) is 44.2 Å². The Kier molecular flexibility index (Phi) is 4.54. The van der Waals surface area contributed by atoms with Crippen LogP contribution in [-0.2, 0) is 29.7 Å². The maximum Gasteiger partial charge on any atom is 0.226 e. The van der Waals surface area contributed by atoms with Crippen molar-refractivity contribution in [2.24, 2.45) is 5.92 Å². The van der Waals surface area contributed by atoms with E-state index >= 15 is 0 Å². The van der Waals surface area contributed by atoms with Crippen molar-refractivity contribution in [3.05, 3.63) is 41.4 Å². The molecule has 1 amide bonds. The lowest BCUT2D eigenvalue weighted by Crippen LogP contribution is -2.58. The van der Waals surface area contributed by atoms with Crippen molar-refractivity contribution in [3.63, 3.8) is 0 Å². The molecule has 0 unspecified atom stereocenters. The number of aromatic amines is 1. The van der Waals surface area contributed by atoms with Gasteiger partial charge in [0.05, 0.1) is 24.1 Å². The number of H-pyrrole nitrogens is 1. The van der Waals surface area contributed by atoms with E-state index in [9.17, 15) is 4.79 Å². The number of carbonyl (C=O) groups excluding carboxylic acids is 1. The van der Waals surface area contributed by atoms with Crippen LogP contribution in [0.25, 0.3) is 0 Å². The van der Waals surface area contributed by atoms with Crippen LogP contribution >= 0.6 is 0 Å². The van der Waals surface area contributed by atoms with E-state index in [1.165, 1.54) is 5.69 Å². The Labute approximate surface area is 166 Å². The number of fused-ring (bicyclic) bond motifs is 2. The molecular formula is C22H30N4O2. The molecule has 3 aliphatic rings. The predicted molar refractivity (Wildman–Crippen MR) is 106 cm³/mol. The Morgan fingerprint density at radius 2 is 2.04 bits per heavy atom. The molecule has 1 N–H and O–H groups in total. The number of imidazole rings is 1. The Balaban J connectivity index is 1.32. The highest BCUT2D eigenvalue weighted by Crippen LogP contribution is 2.45. The number of amides is 1. The van der Waals surface area contributed by atoms with Gasteiger partial charge in [-0.25, -0.2) is 4.98 Å². The lowest BCUT2D eigenvalue weighted by molar-refractivity contribution is -0.143. The van der Waals surface area contributed by atoms with Gasteiger partial charge in [0.25, 0.3) is 0 Å². The molecule has 2 aromatic rings. The van der Waals surface area contributed by atoms with Crippen LogP contribution in [0.4, 0.5) is 0 Å². The number of hydrogen-bond donors (Lipinski definition) is 1. The Hall–Kier alpha value is -2.08. The summed E-state index contributed by atoms with van der Waals surface area (Å²) < 4.78 is 5.98. The number of piperidine rings is 1. The summed E-state index contributed by atoms with van der Waals surface area (Å²) in [6.07, 6.45) is 8.83. The summed E-state index contributed by atoms with van der Waals surface area (Å²) in [5, 5.41) is 0. The zero-order valence-corrected chi connectivity index (χ0v) is 16.7. The lowest BCUT2D eigenvalue weighted by Gasteiger charge is -2.50. The van der Waals surface area contributed by atoms with E-state index in [-0.39, 0.29) is 11.5 Å². The molecule has 5 rings (SSSR count). The van der Waals surface area contributed by atoms with Gasteiger partial charge in [0.15, 0.2) is 0 Å². The van der Waals surface area contributed by atoms with Crippen LogP contribution in [0.3, 0.4) is 0 Å². The van der Waals surface area contributed by atoms with Crippen molar-refractivity contribution < 1.29 is 9.21 Å². The van der Waals surface area contributed by atoms with E-state index in [1.54, 1.807) is 0 Å². The minimum absolute atomic E-state index is 0.222. The van der Waals surface area contributed by atoms with E-state index in [4.69, 9.17) is 9.40 Å². The zero-order valence-electron chi connectivity index (χ0n) is 16.7. The highest BCUT2D eigenvalue weighted by Gasteiger charge is 2.50. The number of carbonyl (C=O) groups is 1. The van der Waals surface area contributed by atoms with Gasteiger partial charge in [-0.2, -0.15) is 0 Å². The van der Waals surface area contributed by atoms with Crippen molar-refractivity contribution >= 4 is 5.91 Å². The third-order valence-electron chi connectivity index (χ3n) is 6.73. The molecule has 4 heterocycles. The fourth-order valence-corrected chi connectivity index (χ4v) is 5.05. The molecule has 1 spiro atoms. The van der Waals surface area contributed by atoms with Crippen molar-refractivity contribution in [3.8, 4) is 0 Å². The number of furan rings is 1. The third-order valence-corrected chi connectivity index (χ3v) is 6.73. The van der Waals surface area contributed by atoms with Crippen molar-refractivity contribution in [2.75, 3.05) is 19.6 Å². The van der Waals surface area contributed by atoms with Gasteiger partial charge in [0.2, 0.25) is 5.91 Å². The summed E-state index contributed by atoms with van der Waals surface area (Å²) in [7, 11) is 0. The monoisotopic (exact) mass is 382 g/mol. The normalized spacial score (nSPS) is 21.8. The van der Waals surface area contributed by atoms with Gasteiger partial charge in [0.1, 0.15) is 11.5 Å². The van der Waals surface area contributed by atoms with E-state index in [2.05, 4.69) is 33.8 Å². The molecule has 0 radical (unpaired) electrons. The van der Waals surface area contributed by atoms with Crippen LogP contribution in [0.2, 0.25) is 0 Å². The second-order valence-corrected chi connectivity index (χ2v) is 8.67. The topological polar surface area (TPSA) is 65.4 Å². The van der Waals surface area contributed by atoms with Crippen LogP contribution < -0.4 is 0 Å². The van der Waals surface area contributed by atoms with E-state index in [0.717, 1.165) is 88.3 Å². The largest absolute Gasteiger partial charge is 0.465 e. The number of hydrogen-bond acceptors (Lipinski definition) is 4. The summed E-state index contributed by atoms with van der Waals surface area (Å²) in [6.45, 7) is 5.77. The first-order valence-corrected chi connectivity index (χ1v) is 10.8. The standard InChI is InChI=1S/C22H30N4O2/c1-2-3-17-6-7-18(28-17)14-25-12-9-22(10-13-25)20-19(23-15-24-20)8-11-26(22)21(27)16-4-5-16/h6-7,15-16H,2-5,8-14H2,1H3,(H,23,24). The molecule has 2 fully saturated rings. The fraction of sp³-hybridized carbons (Fsp3) is 0.636. The molecular weight excluding hydrogens is 352 g/mol. The summed E-state index contributed by atoms with van der Waals surface area (Å²) in [4.78, 5) is 25.7. The van der Waals surface area contributed by atoms with Crippen LogP contribution in [0.15, 0.2) is 22.9 Å². The molecule has 2 aliphatic heterocycles. The number of rotatable bonds is 5.